The van der Waals surface area contributed by atoms with Gasteiger partial charge in [-0.05, 0) is 41.8 Å². The molecule has 3 aromatic rings. The smallest absolute Gasteiger partial charge is 0.243 e. The molecule has 3 rings (SSSR count). The summed E-state index contributed by atoms with van der Waals surface area (Å²) in [5.74, 6) is -0.0723. The predicted octanol–water partition coefficient (Wildman–Crippen LogP) is 3.32. The van der Waals surface area contributed by atoms with Crippen molar-refractivity contribution in [1.29, 1.82) is 0 Å². The minimum atomic E-state index is -3.78. The average molecular weight is 395 g/mol. The van der Waals surface area contributed by atoms with E-state index < -0.39 is 15.9 Å². The number of pyridine rings is 1. The topological polar surface area (TPSA) is 79.4 Å². The number of anilines is 1. The number of aromatic nitrogens is 1. The van der Waals surface area contributed by atoms with E-state index in [0.29, 0.717) is 5.82 Å². The van der Waals surface area contributed by atoms with Crippen molar-refractivity contribution in [2.24, 2.45) is 0 Å². The van der Waals surface area contributed by atoms with Gasteiger partial charge in [-0.15, -0.1) is 0 Å². The van der Waals surface area contributed by atoms with Crippen molar-refractivity contribution in [2.75, 3.05) is 18.9 Å². The first-order valence-corrected chi connectivity index (χ1v) is 10.1. The number of aryl methyl sites for hydroxylation is 1. The van der Waals surface area contributed by atoms with Crippen molar-refractivity contribution in [1.82, 2.24) is 9.29 Å². The van der Waals surface area contributed by atoms with Crippen LogP contribution < -0.4 is 5.32 Å². The molecule has 0 saturated heterocycles. The maximum absolute atomic E-state index is 12.7. The molecule has 0 bridgehead atoms. The first-order valence-electron chi connectivity index (χ1n) is 8.70. The molecule has 1 amide bonds. The molecular weight excluding hydrogens is 374 g/mol. The van der Waals surface area contributed by atoms with Crippen LogP contribution in [-0.2, 0) is 14.8 Å². The summed E-state index contributed by atoms with van der Waals surface area (Å²) in [5, 5.41) is 2.60. The van der Waals surface area contributed by atoms with E-state index in [1.807, 2.05) is 43.3 Å². The van der Waals surface area contributed by atoms with E-state index in [1.54, 1.807) is 36.5 Å². The monoisotopic (exact) mass is 395 g/mol. The summed E-state index contributed by atoms with van der Waals surface area (Å²) >= 11 is 0. The standard InChI is InChI=1S/C21H21N3O3S/c1-16-8-13-20(22-14-16)23-21(25)15-24(2)28(26,27)19-11-9-18(10-12-19)17-6-4-3-5-7-17/h3-14H,15H2,1-2H3,(H,22,23,25). The summed E-state index contributed by atoms with van der Waals surface area (Å²) in [6.45, 7) is 1.58. The number of sulfonamides is 1. The van der Waals surface area contributed by atoms with Crippen molar-refractivity contribution in [3.8, 4) is 11.1 Å². The van der Waals surface area contributed by atoms with Crippen molar-refractivity contribution >= 4 is 21.7 Å². The molecule has 0 fully saturated rings. The molecule has 0 spiro atoms. The lowest BCUT2D eigenvalue weighted by Gasteiger charge is -2.17. The molecular formula is C21H21N3O3S. The van der Waals surface area contributed by atoms with Gasteiger partial charge in [0.1, 0.15) is 5.82 Å². The summed E-state index contributed by atoms with van der Waals surface area (Å²) in [4.78, 5) is 16.4. The number of nitrogens with one attached hydrogen (secondary N) is 1. The second kappa shape index (κ2) is 8.33. The van der Waals surface area contributed by atoms with Crippen molar-refractivity contribution in [2.45, 2.75) is 11.8 Å². The Hall–Kier alpha value is -3.03. The van der Waals surface area contributed by atoms with Crippen LogP contribution in [0.25, 0.3) is 11.1 Å². The van der Waals surface area contributed by atoms with Crippen LogP contribution in [0.1, 0.15) is 5.56 Å². The van der Waals surface area contributed by atoms with Gasteiger partial charge in [0.2, 0.25) is 15.9 Å². The first kappa shape index (κ1) is 19.7. The van der Waals surface area contributed by atoms with Gasteiger partial charge in [-0.2, -0.15) is 4.31 Å². The van der Waals surface area contributed by atoms with Crippen molar-refractivity contribution in [3.05, 3.63) is 78.5 Å². The van der Waals surface area contributed by atoms with E-state index in [9.17, 15) is 13.2 Å². The van der Waals surface area contributed by atoms with Gasteiger partial charge < -0.3 is 5.32 Å². The van der Waals surface area contributed by atoms with Crippen molar-refractivity contribution < 1.29 is 13.2 Å². The van der Waals surface area contributed by atoms with Crippen LogP contribution in [0.15, 0.2) is 77.8 Å². The minimum Gasteiger partial charge on any atom is -0.310 e. The largest absolute Gasteiger partial charge is 0.310 e. The van der Waals surface area contributed by atoms with Crippen LogP contribution in [0.4, 0.5) is 5.82 Å². The highest BCUT2D eigenvalue weighted by atomic mass is 32.2. The van der Waals surface area contributed by atoms with Gasteiger partial charge in [0.25, 0.3) is 0 Å². The molecule has 144 valence electrons. The maximum atomic E-state index is 12.7. The lowest BCUT2D eigenvalue weighted by molar-refractivity contribution is -0.116. The van der Waals surface area contributed by atoms with Crippen LogP contribution >= 0.6 is 0 Å². The second-order valence-electron chi connectivity index (χ2n) is 6.42. The summed E-state index contributed by atoms with van der Waals surface area (Å²) in [7, 11) is -2.40. The van der Waals surface area contributed by atoms with E-state index in [0.717, 1.165) is 21.0 Å². The highest BCUT2D eigenvalue weighted by Gasteiger charge is 2.23. The Morgan fingerprint density at radius 3 is 2.21 bits per heavy atom. The number of carbonyl (C=O) groups excluding carboxylic acids is 1. The normalized spacial score (nSPS) is 11.4. The number of nitrogens with zero attached hydrogens (tertiary/aromatic N) is 2. The van der Waals surface area contributed by atoms with E-state index in [1.165, 1.54) is 7.05 Å². The number of carbonyl (C=O) groups is 1. The van der Waals surface area contributed by atoms with Gasteiger partial charge in [0.15, 0.2) is 0 Å². The number of likely N-dealkylation sites (N-methyl/N-ethyl adjacent to an activating group) is 1. The fraction of sp³-hybridized carbons (Fsp3) is 0.143. The summed E-state index contributed by atoms with van der Waals surface area (Å²) in [6.07, 6.45) is 1.63. The van der Waals surface area contributed by atoms with Crippen LogP contribution in [0.2, 0.25) is 0 Å². The molecule has 7 heteroatoms. The Morgan fingerprint density at radius 1 is 0.964 bits per heavy atom. The number of benzene rings is 2. The molecule has 0 radical (unpaired) electrons. The summed E-state index contributed by atoms with van der Waals surface area (Å²) in [6, 6.07) is 19.8. The maximum Gasteiger partial charge on any atom is 0.243 e. The highest BCUT2D eigenvalue weighted by Crippen LogP contribution is 2.22. The lowest BCUT2D eigenvalue weighted by Crippen LogP contribution is -2.35. The third-order valence-electron chi connectivity index (χ3n) is 4.21. The molecule has 6 nitrogen and oxygen atoms in total. The van der Waals surface area contributed by atoms with Crippen LogP contribution in [0, 0.1) is 6.92 Å². The third-order valence-corrected chi connectivity index (χ3v) is 6.03. The zero-order valence-corrected chi connectivity index (χ0v) is 16.5. The summed E-state index contributed by atoms with van der Waals surface area (Å²) in [5.41, 5.74) is 2.90. The second-order valence-corrected chi connectivity index (χ2v) is 8.47. The van der Waals surface area contributed by atoms with E-state index >= 15 is 0 Å². The number of hydrogen-bond donors (Lipinski definition) is 1. The molecule has 1 aromatic heterocycles. The Labute approximate surface area is 164 Å². The fourth-order valence-electron chi connectivity index (χ4n) is 2.64. The predicted molar refractivity (Wildman–Crippen MR) is 109 cm³/mol. The Bertz CT molecular complexity index is 1050. The average Bonchev–Trinajstić information content (AvgIpc) is 2.70. The fourth-order valence-corrected chi connectivity index (χ4v) is 3.77. The molecule has 0 aliphatic carbocycles. The molecule has 0 unspecified atom stereocenters. The molecule has 0 aliphatic rings. The van der Waals surface area contributed by atoms with Gasteiger partial charge in [0, 0.05) is 13.2 Å². The van der Waals surface area contributed by atoms with Crippen LogP contribution in [0.5, 0.6) is 0 Å². The molecule has 1 heterocycles. The molecule has 28 heavy (non-hydrogen) atoms. The van der Waals surface area contributed by atoms with Gasteiger partial charge in [-0.1, -0.05) is 48.5 Å². The molecule has 0 aliphatic heterocycles. The molecule has 1 N–H and O–H groups in total. The quantitative estimate of drug-likeness (QED) is 0.694. The Morgan fingerprint density at radius 2 is 1.61 bits per heavy atom. The first-order chi connectivity index (χ1) is 13.4. The Balaban J connectivity index is 1.69. The number of amides is 1. The van der Waals surface area contributed by atoms with E-state index in [-0.39, 0.29) is 11.4 Å². The van der Waals surface area contributed by atoms with Crippen molar-refractivity contribution in [3.63, 3.8) is 0 Å². The minimum absolute atomic E-state index is 0.135. The highest BCUT2D eigenvalue weighted by molar-refractivity contribution is 7.89. The number of rotatable bonds is 6. The van der Waals surface area contributed by atoms with Gasteiger partial charge >= 0.3 is 0 Å². The molecule has 0 saturated carbocycles. The zero-order chi connectivity index (χ0) is 20.1. The molecule has 2 aromatic carbocycles. The van der Waals surface area contributed by atoms with Crippen LogP contribution in [-0.4, -0.2) is 37.2 Å². The lowest BCUT2D eigenvalue weighted by atomic mass is 10.1. The zero-order valence-electron chi connectivity index (χ0n) is 15.7. The van der Waals surface area contributed by atoms with Gasteiger partial charge in [0.05, 0.1) is 11.4 Å². The van der Waals surface area contributed by atoms with Gasteiger partial charge in [-0.25, -0.2) is 13.4 Å². The number of hydrogen-bond acceptors (Lipinski definition) is 4. The van der Waals surface area contributed by atoms with Crippen LogP contribution in [0.3, 0.4) is 0 Å². The van der Waals surface area contributed by atoms with E-state index in [2.05, 4.69) is 10.3 Å². The van der Waals surface area contributed by atoms with Gasteiger partial charge in [-0.3, -0.25) is 4.79 Å². The SMILES string of the molecule is Cc1ccc(NC(=O)CN(C)S(=O)(=O)c2ccc(-c3ccccc3)cc2)nc1. The molecule has 0 atom stereocenters. The Kier molecular flexibility index (Phi) is 5.87. The van der Waals surface area contributed by atoms with E-state index in [4.69, 9.17) is 0 Å². The third kappa shape index (κ3) is 4.62. The summed E-state index contributed by atoms with van der Waals surface area (Å²) < 4.78 is 26.5.